The quantitative estimate of drug-likeness (QED) is 0.500. The van der Waals surface area contributed by atoms with E-state index >= 15 is 0 Å². The molecule has 0 fully saturated rings. The zero-order valence-electron chi connectivity index (χ0n) is 13.6. The number of aromatic nitrogens is 1. The molecule has 1 aliphatic carbocycles. The van der Waals surface area contributed by atoms with E-state index < -0.39 is 0 Å². The summed E-state index contributed by atoms with van der Waals surface area (Å²) in [5, 5.41) is 4.38. The highest BCUT2D eigenvalue weighted by Gasteiger charge is 2.14. The molecule has 0 bridgehead atoms. The summed E-state index contributed by atoms with van der Waals surface area (Å²) < 4.78 is 0. The van der Waals surface area contributed by atoms with Gasteiger partial charge in [-0.05, 0) is 51.2 Å². The minimum Gasteiger partial charge on any atom is -0.370 e. The number of hydrogen-bond acceptors (Lipinski definition) is 3. The first kappa shape index (κ1) is 16.0. The molecule has 122 valence electrons. The molecule has 3 rings (SSSR count). The van der Waals surface area contributed by atoms with Crippen molar-refractivity contribution in [1.29, 1.82) is 0 Å². The van der Waals surface area contributed by atoms with Gasteiger partial charge in [-0.25, -0.2) is 4.98 Å². The van der Waals surface area contributed by atoms with Crippen LogP contribution in [0.5, 0.6) is 0 Å². The topological polar surface area (TPSA) is 63.3 Å². The fourth-order valence-electron chi connectivity index (χ4n) is 2.77. The van der Waals surface area contributed by atoms with Gasteiger partial charge >= 0.3 is 0 Å². The van der Waals surface area contributed by atoms with Crippen LogP contribution in [0.2, 0.25) is 0 Å². The summed E-state index contributed by atoms with van der Waals surface area (Å²) in [6, 6.07) is 8.13. The fraction of sp³-hybridized carbons (Fsp3) is 0.444. The Hall–Kier alpha value is -1.88. The first-order chi connectivity index (χ1) is 11.2. The molecule has 0 radical (unpaired) electrons. The number of hydrogen-bond donors (Lipinski definition) is 2. The van der Waals surface area contributed by atoms with E-state index in [4.69, 9.17) is 10.7 Å². The van der Waals surface area contributed by atoms with Crippen LogP contribution in [-0.4, -0.2) is 17.5 Å². The monoisotopic (exact) mass is 328 g/mol. The zero-order chi connectivity index (χ0) is 16.1. The van der Waals surface area contributed by atoms with Gasteiger partial charge in [-0.2, -0.15) is 0 Å². The van der Waals surface area contributed by atoms with Crippen LogP contribution in [0.4, 0.5) is 5.69 Å². The molecule has 0 unspecified atom stereocenters. The van der Waals surface area contributed by atoms with Gasteiger partial charge in [-0.15, -0.1) is 11.3 Å². The third-order valence-corrected chi connectivity index (χ3v) is 5.26. The Morgan fingerprint density at radius 3 is 2.83 bits per heavy atom. The van der Waals surface area contributed by atoms with Crippen LogP contribution in [-0.2, 0) is 19.3 Å². The zero-order valence-corrected chi connectivity index (χ0v) is 14.5. The van der Waals surface area contributed by atoms with Gasteiger partial charge < -0.3 is 11.1 Å². The predicted octanol–water partition coefficient (Wildman–Crippen LogP) is 3.69. The van der Waals surface area contributed by atoms with Crippen LogP contribution >= 0.6 is 11.3 Å². The van der Waals surface area contributed by atoms with Gasteiger partial charge in [0.1, 0.15) is 0 Å². The summed E-state index contributed by atoms with van der Waals surface area (Å²) >= 11 is 1.89. The molecule has 0 aliphatic heterocycles. The van der Waals surface area contributed by atoms with E-state index in [1.165, 1.54) is 40.4 Å². The number of guanidine groups is 1. The third-order valence-electron chi connectivity index (χ3n) is 4.04. The van der Waals surface area contributed by atoms with E-state index in [-0.39, 0.29) is 0 Å². The van der Waals surface area contributed by atoms with Gasteiger partial charge in [-0.1, -0.05) is 17.7 Å². The largest absolute Gasteiger partial charge is 0.370 e. The smallest absolute Gasteiger partial charge is 0.193 e. The first-order valence-corrected chi connectivity index (χ1v) is 9.13. The lowest BCUT2D eigenvalue weighted by Gasteiger charge is -2.06. The summed E-state index contributed by atoms with van der Waals surface area (Å²) in [4.78, 5) is 10.7. The highest BCUT2D eigenvalue weighted by Crippen LogP contribution is 2.27. The molecule has 0 saturated heterocycles. The van der Waals surface area contributed by atoms with Crippen LogP contribution in [0.1, 0.15) is 40.4 Å². The molecule has 5 heteroatoms. The number of benzene rings is 1. The van der Waals surface area contributed by atoms with E-state index in [2.05, 4.69) is 29.4 Å². The van der Waals surface area contributed by atoms with Crippen molar-refractivity contribution in [1.82, 2.24) is 4.98 Å². The standard InChI is InChI=1S/C18H24N4S/c1-13-8-10-14(11-9-13)21-18(19)20-12-4-7-17-22-15-5-2-3-6-16(15)23-17/h8-11H,2-7,12H2,1H3,(H3,19,20,21). The number of nitrogens with one attached hydrogen (secondary N) is 1. The second kappa shape index (κ2) is 7.59. The number of fused-ring (bicyclic) bond motifs is 1. The lowest BCUT2D eigenvalue weighted by atomic mass is 10.0. The molecule has 1 aromatic heterocycles. The highest BCUT2D eigenvalue weighted by molar-refractivity contribution is 7.11. The van der Waals surface area contributed by atoms with Crippen molar-refractivity contribution < 1.29 is 0 Å². The number of anilines is 1. The van der Waals surface area contributed by atoms with Gasteiger partial charge in [0.05, 0.1) is 10.7 Å². The van der Waals surface area contributed by atoms with Gasteiger partial charge in [0, 0.05) is 23.5 Å². The van der Waals surface area contributed by atoms with Crippen molar-refractivity contribution in [3.8, 4) is 0 Å². The van der Waals surface area contributed by atoms with Gasteiger partial charge in [0.25, 0.3) is 0 Å². The summed E-state index contributed by atoms with van der Waals surface area (Å²) in [6.45, 7) is 2.80. The predicted molar refractivity (Wildman–Crippen MR) is 98.4 cm³/mol. The Labute approximate surface area is 141 Å². The van der Waals surface area contributed by atoms with Crippen LogP contribution in [0.3, 0.4) is 0 Å². The lowest BCUT2D eigenvalue weighted by molar-refractivity contribution is 0.679. The molecule has 2 aromatic rings. The van der Waals surface area contributed by atoms with E-state index in [9.17, 15) is 0 Å². The molecule has 0 atom stereocenters. The molecule has 0 amide bonds. The average Bonchev–Trinajstić information content (AvgIpc) is 2.96. The van der Waals surface area contributed by atoms with Crippen LogP contribution < -0.4 is 11.1 Å². The number of aryl methyl sites for hydroxylation is 4. The summed E-state index contributed by atoms with van der Waals surface area (Å²) in [5.41, 5.74) is 9.49. The molecular formula is C18H24N4S. The van der Waals surface area contributed by atoms with Gasteiger partial charge in [0.15, 0.2) is 5.96 Å². The third kappa shape index (κ3) is 4.55. The maximum absolute atomic E-state index is 5.93. The van der Waals surface area contributed by atoms with Crippen LogP contribution in [0.15, 0.2) is 29.3 Å². The lowest BCUT2D eigenvalue weighted by Crippen LogP contribution is -2.22. The number of aliphatic imine (C=N–C) groups is 1. The number of thiazole rings is 1. The fourth-order valence-corrected chi connectivity index (χ4v) is 3.97. The van der Waals surface area contributed by atoms with Crippen molar-refractivity contribution in [2.75, 3.05) is 11.9 Å². The highest BCUT2D eigenvalue weighted by atomic mass is 32.1. The Morgan fingerprint density at radius 2 is 2.04 bits per heavy atom. The van der Waals surface area contributed by atoms with Crippen LogP contribution in [0.25, 0.3) is 0 Å². The van der Waals surface area contributed by atoms with Crippen molar-refractivity contribution in [2.45, 2.75) is 45.4 Å². The van der Waals surface area contributed by atoms with Crippen molar-refractivity contribution in [2.24, 2.45) is 10.7 Å². The molecule has 1 heterocycles. The maximum atomic E-state index is 5.93. The molecule has 1 aromatic carbocycles. The normalized spacial score (nSPS) is 14.6. The Morgan fingerprint density at radius 1 is 1.26 bits per heavy atom. The van der Waals surface area contributed by atoms with Gasteiger partial charge in [0.2, 0.25) is 0 Å². The molecule has 0 saturated carbocycles. The minimum atomic E-state index is 0.479. The second-order valence-electron chi connectivity index (χ2n) is 6.05. The van der Waals surface area contributed by atoms with Gasteiger partial charge in [-0.3, -0.25) is 4.99 Å². The molecule has 1 aliphatic rings. The Balaban J connectivity index is 1.44. The molecule has 3 N–H and O–H groups in total. The summed E-state index contributed by atoms with van der Waals surface area (Å²) in [6.07, 6.45) is 6.99. The van der Waals surface area contributed by atoms with Crippen LogP contribution in [0, 0.1) is 6.92 Å². The Kier molecular flexibility index (Phi) is 5.28. The maximum Gasteiger partial charge on any atom is 0.193 e. The number of nitrogens with two attached hydrogens (primary N) is 1. The van der Waals surface area contributed by atoms with E-state index in [1.807, 2.05) is 23.5 Å². The first-order valence-electron chi connectivity index (χ1n) is 8.32. The summed E-state index contributed by atoms with van der Waals surface area (Å²) in [5.74, 6) is 0.479. The van der Waals surface area contributed by atoms with Crippen molar-refractivity contribution >= 4 is 23.0 Å². The van der Waals surface area contributed by atoms with E-state index in [0.29, 0.717) is 5.96 Å². The SMILES string of the molecule is Cc1ccc(NC(N)=NCCCc2nc3c(s2)CCCC3)cc1. The number of rotatable bonds is 5. The van der Waals surface area contributed by atoms with E-state index in [0.717, 1.165) is 31.5 Å². The Bertz CT molecular complexity index is 649. The molecule has 23 heavy (non-hydrogen) atoms. The second-order valence-corrected chi connectivity index (χ2v) is 7.21. The summed E-state index contributed by atoms with van der Waals surface area (Å²) in [7, 11) is 0. The molecule has 4 nitrogen and oxygen atoms in total. The van der Waals surface area contributed by atoms with Crippen molar-refractivity contribution in [3.05, 3.63) is 45.4 Å². The number of nitrogens with zero attached hydrogens (tertiary/aromatic N) is 2. The average molecular weight is 328 g/mol. The minimum absolute atomic E-state index is 0.479. The van der Waals surface area contributed by atoms with E-state index in [1.54, 1.807) is 0 Å². The van der Waals surface area contributed by atoms with Crippen molar-refractivity contribution in [3.63, 3.8) is 0 Å². The molecular weight excluding hydrogens is 304 g/mol. The molecule has 0 spiro atoms.